The van der Waals surface area contributed by atoms with Crippen LogP contribution in [0, 0.1) is 0 Å². The molecule has 0 bridgehead atoms. The molecule has 1 rings (SSSR count). The Morgan fingerprint density at radius 1 is 1.11 bits per heavy atom. The lowest BCUT2D eigenvalue weighted by Gasteiger charge is -2.11. The average Bonchev–Trinajstić information content (AvgIpc) is 2.41. The highest BCUT2D eigenvalue weighted by atomic mass is 32.2. The fourth-order valence-electron chi connectivity index (χ4n) is 1.83. The van der Waals surface area contributed by atoms with Crippen LogP contribution in [-0.2, 0) is 16.6 Å². The van der Waals surface area contributed by atoms with Crippen molar-refractivity contribution in [3.8, 4) is 0 Å². The summed E-state index contributed by atoms with van der Waals surface area (Å²) in [4.78, 5) is 0.382. The maximum absolute atomic E-state index is 12.2. The zero-order valence-corrected chi connectivity index (χ0v) is 12.6. The van der Waals surface area contributed by atoms with Crippen molar-refractivity contribution in [2.24, 2.45) is 0 Å². The molecule has 1 aromatic rings. The van der Waals surface area contributed by atoms with E-state index in [1.165, 1.54) is 0 Å². The lowest BCUT2D eigenvalue weighted by Crippen LogP contribution is -2.26. The number of hydrogen-bond acceptors (Lipinski definition) is 3. The smallest absolute Gasteiger partial charge is 0.240 e. The van der Waals surface area contributed by atoms with Crippen molar-refractivity contribution in [2.75, 3.05) is 13.1 Å². The first kappa shape index (κ1) is 16.1. The third kappa shape index (κ3) is 5.30. The number of unbranched alkanes of at least 4 members (excludes halogenated alkanes) is 2. The Balaban J connectivity index is 2.76. The largest absolute Gasteiger partial charge is 0.313 e. The number of hydrogen-bond donors (Lipinski definition) is 2. The van der Waals surface area contributed by atoms with Gasteiger partial charge in [0.05, 0.1) is 4.90 Å². The Bertz CT molecular complexity index is 472. The van der Waals surface area contributed by atoms with Gasteiger partial charge in [-0.3, -0.25) is 0 Å². The van der Waals surface area contributed by atoms with Crippen molar-refractivity contribution < 1.29 is 8.42 Å². The van der Waals surface area contributed by atoms with E-state index in [9.17, 15) is 8.42 Å². The molecule has 0 aromatic heterocycles. The van der Waals surface area contributed by atoms with Crippen molar-refractivity contribution in [1.29, 1.82) is 0 Å². The Hall–Kier alpha value is -0.910. The quantitative estimate of drug-likeness (QED) is 0.684. The molecule has 0 heterocycles. The van der Waals surface area contributed by atoms with Crippen LogP contribution >= 0.6 is 0 Å². The van der Waals surface area contributed by atoms with Gasteiger partial charge in [-0.2, -0.15) is 0 Å². The molecule has 0 saturated carbocycles. The zero-order chi connectivity index (χ0) is 14.1. The lowest BCUT2D eigenvalue weighted by atomic mass is 10.2. The van der Waals surface area contributed by atoms with Gasteiger partial charge in [0.15, 0.2) is 0 Å². The Labute approximate surface area is 116 Å². The van der Waals surface area contributed by atoms with E-state index in [0.717, 1.165) is 31.4 Å². The van der Waals surface area contributed by atoms with E-state index >= 15 is 0 Å². The molecule has 0 atom stereocenters. The van der Waals surface area contributed by atoms with Gasteiger partial charge in [-0.25, -0.2) is 13.1 Å². The minimum absolute atomic E-state index is 0.382. The topological polar surface area (TPSA) is 58.2 Å². The molecule has 2 N–H and O–H groups in total. The first-order chi connectivity index (χ1) is 9.11. The first-order valence-electron chi connectivity index (χ1n) is 6.90. The van der Waals surface area contributed by atoms with Crippen LogP contribution in [0.1, 0.15) is 38.7 Å². The van der Waals surface area contributed by atoms with Gasteiger partial charge >= 0.3 is 0 Å². The van der Waals surface area contributed by atoms with Gasteiger partial charge in [0, 0.05) is 13.1 Å². The van der Waals surface area contributed by atoms with E-state index in [1.807, 2.05) is 19.1 Å². The van der Waals surface area contributed by atoms with E-state index in [-0.39, 0.29) is 0 Å². The molecule has 0 aliphatic heterocycles. The normalized spacial score (nSPS) is 11.7. The highest BCUT2D eigenvalue weighted by molar-refractivity contribution is 7.89. The predicted molar refractivity (Wildman–Crippen MR) is 78.5 cm³/mol. The van der Waals surface area contributed by atoms with Crippen LogP contribution in [0.2, 0.25) is 0 Å². The van der Waals surface area contributed by atoms with Crippen molar-refractivity contribution >= 4 is 10.0 Å². The number of nitrogens with one attached hydrogen (secondary N) is 2. The molecule has 1 aromatic carbocycles. The zero-order valence-electron chi connectivity index (χ0n) is 11.8. The van der Waals surface area contributed by atoms with E-state index in [0.29, 0.717) is 18.0 Å². The molecular formula is C14H24N2O2S. The molecular weight excluding hydrogens is 260 g/mol. The Kier molecular flexibility index (Phi) is 7.05. The van der Waals surface area contributed by atoms with Gasteiger partial charge in [0.1, 0.15) is 0 Å². The number of rotatable bonds is 9. The summed E-state index contributed by atoms with van der Waals surface area (Å²) in [5, 5.41) is 3.16. The summed E-state index contributed by atoms with van der Waals surface area (Å²) in [6, 6.07) is 7.14. The summed E-state index contributed by atoms with van der Waals surface area (Å²) in [5.41, 5.74) is 0.812. The van der Waals surface area contributed by atoms with E-state index in [1.54, 1.807) is 12.1 Å². The standard InChI is InChI=1S/C14H24N2O2S/c1-3-5-8-11-16-19(17,18)14-10-7-6-9-13(14)12-15-4-2/h6-7,9-10,15-16H,3-5,8,11-12H2,1-2H3. The van der Waals surface area contributed by atoms with Gasteiger partial charge in [0.2, 0.25) is 10.0 Å². The molecule has 0 saturated heterocycles. The van der Waals surface area contributed by atoms with Crippen LogP contribution in [-0.4, -0.2) is 21.5 Å². The van der Waals surface area contributed by atoms with Crippen LogP contribution in [0.5, 0.6) is 0 Å². The molecule has 19 heavy (non-hydrogen) atoms. The lowest BCUT2D eigenvalue weighted by molar-refractivity contribution is 0.573. The SMILES string of the molecule is CCCCCNS(=O)(=O)c1ccccc1CNCC. The number of sulfonamides is 1. The molecule has 0 radical (unpaired) electrons. The summed E-state index contributed by atoms with van der Waals surface area (Å²) in [6.07, 6.45) is 3.01. The van der Waals surface area contributed by atoms with Crippen LogP contribution in [0.3, 0.4) is 0 Å². The second kappa shape index (κ2) is 8.30. The third-order valence-corrected chi connectivity index (χ3v) is 4.46. The van der Waals surface area contributed by atoms with Crippen LogP contribution in [0.25, 0.3) is 0 Å². The Morgan fingerprint density at radius 2 is 1.84 bits per heavy atom. The van der Waals surface area contributed by atoms with Crippen molar-refractivity contribution in [3.63, 3.8) is 0 Å². The van der Waals surface area contributed by atoms with Gasteiger partial charge < -0.3 is 5.32 Å². The molecule has 5 heteroatoms. The first-order valence-corrected chi connectivity index (χ1v) is 8.38. The van der Waals surface area contributed by atoms with Crippen molar-refractivity contribution in [3.05, 3.63) is 29.8 Å². The van der Waals surface area contributed by atoms with E-state index in [4.69, 9.17) is 0 Å². The summed E-state index contributed by atoms with van der Waals surface area (Å²) in [6.45, 7) is 5.99. The van der Waals surface area contributed by atoms with Gasteiger partial charge in [0.25, 0.3) is 0 Å². The van der Waals surface area contributed by atoms with Gasteiger partial charge in [-0.05, 0) is 24.6 Å². The maximum Gasteiger partial charge on any atom is 0.240 e. The molecule has 4 nitrogen and oxygen atoms in total. The summed E-state index contributed by atoms with van der Waals surface area (Å²) >= 11 is 0. The summed E-state index contributed by atoms with van der Waals surface area (Å²) in [7, 11) is -3.39. The third-order valence-electron chi connectivity index (χ3n) is 2.90. The fourth-order valence-corrected chi connectivity index (χ4v) is 3.14. The highest BCUT2D eigenvalue weighted by Crippen LogP contribution is 2.15. The van der Waals surface area contributed by atoms with Crippen LogP contribution < -0.4 is 10.0 Å². The molecule has 0 aliphatic rings. The predicted octanol–water partition coefficient (Wildman–Crippen LogP) is 2.26. The fraction of sp³-hybridized carbons (Fsp3) is 0.571. The summed E-state index contributed by atoms with van der Waals surface area (Å²) < 4.78 is 27.2. The maximum atomic E-state index is 12.2. The van der Waals surface area contributed by atoms with Crippen LogP contribution in [0.4, 0.5) is 0 Å². The second-order valence-corrected chi connectivity index (χ2v) is 6.23. The monoisotopic (exact) mass is 284 g/mol. The van der Waals surface area contributed by atoms with Gasteiger partial charge in [-0.1, -0.05) is 44.9 Å². The van der Waals surface area contributed by atoms with Gasteiger partial charge in [-0.15, -0.1) is 0 Å². The van der Waals surface area contributed by atoms with Crippen molar-refractivity contribution in [2.45, 2.75) is 44.6 Å². The number of benzene rings is 1. The minimum Gasteiger partial charge on any atom is -0.313 e. The molecule has 0 unspecified atom stereocenters. The highest BCUT2D eigenvalue weighted by Gasteiger charge is 2.16. The average molecular weight is 284 g/mol. The summed E-state index contributed by atoms with van der Waals surface area (Å²) in [5.74, 6) is 0. The molecule has 0 fully saturated rings. The van der Waals surface area contributed by atoms with Crippen LogP contribution in [0.15, 0.2) is 29.2 Å². The Morgan fingerprint density at radius 3 is 2.53 bits per heavy atom. The molecule has 0 aliphatic carbocycles. The molecule has 108 valence electrons. The van der Waals surface area contributed by atoms with E-state index in [2.05, 4.69) is 17.0 Å². The minimum atomic E-state index is -3.39. The van der Waals surface area contributed by atoms with Crippen molar-refractivity contribution in [1.82, 2.24) is 10.0 Å². The molecule has 0 spiro atoms. The van der Waals surface area contributed by atoms with E-state index < -0.39 is 10.0 Å². The second-order valence-electron chi connectivity index (χ2n) is 4.49. The molecule has 0 amide bonds.